The highest BCUT2D eigenvalue weighted by atomic mass is 16.3. The lowest BCUT2D eigenvalue weighted by atomic mass is 10.4. The molecule has 0 aliphatic rings. The normalized spacial score (nSPS) is 9.75. The van der Waals surface area contributed by atoms with E-state index in [1.807, 2.05) is 0 Å². The van der Waals surface area contributed by atoms with Gasteiger partial charge in [-0.15, -0.1) is 0 Å². The summed E-state index contributed by atoms with van der Waals surface area (Å²) in [6.45, 7) is 1.72. The third-order valence-electron chi connectivity index (χ3n) is 0.994. The van der Waals surface area contributed by atoms with Crippen LogP contribution in [0.25, 0.3) is 0 Å². The minimum Gasteiger partial charge on any atom is -0.448 e. The molecule has 0 fully saturated rings. The molecule has 0 saturated carbocycles. The van der Waals surface area contributed by atoms with Gasteiger partial charge in [0, 0.05) is 0 Å². The quantitative estimate of drug-likeness (QED) is 0.576. The Kier molecular flexibility index (Phi) is 1.30. The van der Waals surface area contributed by atoms with Crippen LogP contribution in [0, 0.1) is 6.92 Å². The molecule has 44 valence electrons. The predicted octanol–water partition coefficient (Wildman–Crippen LogP) is 0.475. The van der Waals surface area contributed by atoms with Crippen LogP contribution in [0.2, 0.25) is 0 Å². The highest BCUT2D eigenvalue weighted by Crippen LogP contribution is 2.02. The average molecular weight is 113 g/mol. The molecule has 3 nitrogen and oxygen atoms in total. The number of oxazole rings is 1. The molecule has 0 unspecified atom stereocenters. The van der Waals surface area contributed by atoms with Crippen LogP contribution >= 0.6 is 0 Å². The summed E-state index contributed by atoms with van der Waals surface area (Å²) in [7, 11) is 0. The van der Waals surface area contributed by atoms with E-state index in [0.29, 0.717) is 11.5 Å². The number of aryl methyl sites for hydroxylation is 1. The first-order chi connectivity index (χ1) is 3.84. The molecule has 1 rings (SSSR count). The lowest BCUT2D eigenvalue weighted by Crippen LogP contribution is -1.83. The van der Waals surface area contributed by atoms with Crippen molar-refractivity contribution in [3.63, 3.8) is 0 Å². The zero-order valence-electron chi connectivity index (χ0n) is 4.59. The van der Waals surface area contributed by atoms with E-state index in [1.165, 1.54) is 6.39 Å². The second-order valence-corrected chi connectivity index (χ2v) is 1.51. The smallest absolute Gasteiger partial charge is 0.181 e. The van der Waals surface area contributed by atoms with E-state index in [4.69, 9.17) is 9.52 Å². The highest BCUT2D eigenvalue weighted by molar-refractivity contribution is 5.02. The second kappa shape index (κ2) is 1.96. The van der Waals surface area contributed by atoms with Crippen LogP contribution < -0.4 is 0 Å². The van der Waals surface area contributed by atoms with E-state index < -0.39 is 0 Å². The van der Waals surface area contributed by atoms with Crippen LogP contribution in [0.3, 0.4) is 0 Å². The molecule has 0 aliphatic heterocycles. The Morgan fingerprint density at radius 2 is 2.62 bits per heavy atom. The fourth-order valence-electron chi connectivity index (χ4n) is 0.480. The third-order valence-corrected chi connectivity index (χ3v) is 0.994. The lowest BCUT2D eigenvalue weighted by molar-refractivity contribution is 0.275. The molecule has 0 aliphatic carbocycles. The van der Waals surface area contributed by atoms with Gasteiger partial charge in [-0.1, -0.05) is 0 Å². The largest absolute Gasteiger partial charge is 0.448 e. The second-order valence-electron chi connectivity index (χ2n) is 1.51. The molecular formula is C5H7NO2. The van der Waals surface area contributed by atoms with Crippen LogP contribution in [0.1, 0.15) is 11.5 Å². The number of rotatable bonds is 1. The summed E-state index contributed by atoms with van der Waals surface area (Å²) in [5.41, 5.74) is 0.616. The van der Waals surface area contributed by atoms with E-state index in [1.54, 1.807) is 6.92 Å². The van der Waals surface area contributed by atoms with E-state index in [9.17, 15) is 0 Å². The van der Waals surface area contributed by atoms with E-state index >= 15 is 0 Å². The molecule has 0 amide bonds. The fourth-order valence-corrected chi connectivity index (χ4v) is 0.480. The minimum atomic E-state index is -0.0394. The molecular weight excluding hydrogens is 106 g/mol. The molecule has 0 radical (unpaired) electrons. The van der Waals surface area contributed by atoms with E-state index in [0.717, 1.165) is 0 Å². The third kappa shape index (κ3) is 0.721. The van der Waals surface area contributed by atoms with Gasteiger partial charge in [-0.3, -0.25) is 0 Å². The van der Waals surface area contributed by atoms with Crippen molar-refractivity contribution in [1.82, 2.24) is 4.98 Å². The van der Waals surface area contributed by atoms with E-state index in [2.05, 4.69) is 4.98 Å². The number of hydrogen-bond acceptors (Lipinski definition) is 3. The first-order valence-electron chi connectivity index (χ1n) is 2.34. The molecule has 0 saturated heterocycles. The molecule has 1 aromatic rings. The van der Waals surface area contributed by atoms with Gasteiger partial charge in [-0.25, -0.2) is 4.98 Å². The van der Waals surface area contributed by atoms with Crippen LogP contribution in [-0.2, 0) is 6.61 Å². The summed E-state index contributed by atoms with van der Waals surface area (Å²) < 4.78 is 4.78. The number of aliphatic hydroxyl groups is 1. The zero-order chi connectivity index (χ0) is 5.98. The Morgan fingerprint density at radius 3 is 2.88 bits per heavy atom. The number of nitrogens with zero attached hydrogens (tertiary/aromatic N) is 1. The van der Waals surface area contributed by atoms with Gasteiger partial charge in [0.15, 0.2) is 6.39 Å². The Bertz CT molecular complexity index is 171. The van der Waals surface area contributed by atoms with Crippen molar-refractivity contribution in [2.75, 3.05) is 0 Å². The lowest BCUT2D eigenvalue weighted by Gasteiger charge is -1.83. The Labute approximate surface area is 47.0 Å². The molecule has 1 heterocycles. The molecule has 3 heteroatoms. The molecule has 0 bridgehead atoms. The monoisotopic (exact) mass is 113 g/mol. The summed E-state index contributed by atoms with van der Waals surface area (Å²) in [5.74, 6) is 0.688. The van der Waals surface area contributed by atoms with Crippen molar-refractivity contribution in [1.29, 1.82) is 0 Å². The maximum absolute atomic E-state index is 8.48. The van der Waals surface area contributed by atoms with Gasteiger partial charge in [0.2, 0.25) is 0 Å². The van der Waals surface area contributed by atoms with Crippen molar-refractivity contribution in [3.8, 4) is 0 Å². The van der Waals surface area contributed by atoms with Crippen molar-refractivity contribution in [3.05, 3.63) is 17.8 Å². The molecule has 0 aromatic carbocycles. The van der Waals surface area contributed by atoms with Crippen molar-refractivity contribution < 1.29 is 9.52 Å². The van der Waals surface area contributed by atoms with Gasteiger partial charge in [-0.05, 0) is 6.92 Å². The van der Waals surface area contributed by atoms with Crippen molar-refractivity contribution in [2.24, 2.45) is 0 Å². The zero-order valence-corrected chi connectivity index (χ0v) is 4.59. The average Bonchev–Trinajstić information content (AvgIpc) is 2.14. The predicted molar refractivity (Wildman–Crippen MR) is 27.2 cm³/mol. The Hall–Kier alpha value is -0.830. The topological polar surface area (TPSA) is 46.3 Å². The van der Waals surface area contributed by atoms with Gasteiger partial charge in [-0.2, -0.15) is 0 Å². The van der Waals surface area contributed by atoms with Gasteiger partial charge in [0.1, 0.15) is 11.5 Å². The molecule has 8 heavy (non-hydrogen) atoms. The Morgan fingerprint density at radius 1 is 1.88 bits per heavy atom. The number of aliphatic hydroxyl groups excluding tert-OH is 1. The number of hydrogen-bond donors (Lipinski definition) is 1. The van der Waals surface area contributed by atoms with Crippen LogP contribution in [-0.4, -0.2) is 10.1 Å². The first kappa shape index (κ1) is 5.31. The molecule has 1 aromatic heterocycles. The summed E-state index contributed by atoms with van der Waals surface area (Å²) in [6, 6.07) is 0. The van der Waals surface area contributed by atoms with E-state index in [-0.39, 0.29) is 6.61 Å². The van der Waals surface area contributed by atoms with Gasteiger partial charge in [0.05, 0.1) is 6.61 Å². The maximum Gasteiger partial charge on any atom is 0.181 e. The molecule has 0 atom stereocenters. The SMILES string of the molecule is Cc1ocnc1CO. The van der Waals surface area contributed by atoms with Crippen LogP contribution in [0.5, 0.6) is 0 Å². The maximum atomic E-state index is 8.48. The van der Waals surface area contributed by atoms with Gasteiger partial charge >= 0.3 is 0 Å². The summed E-state index contributed by atoms with van der Waals surface area (Å²) in [5, 5.41) is 8.48. The number of aromatic nitrogens is 1. The van der Waals surface area contributed by atoms with Crippen LogP contribution in [0.4, 0.5) is 0 Å². The van der Waals surface area contributed by atoms with Crippen molar-refractivity contribution in [2.45, 2.75) is 13.5 Å². The highest BCUT2D eigenvalue weighted by Gasteiger charge is 1.97. The summed E-state index contributed by atoms with van der Waals surface area (Å²) >= 11 is 0. The minimum absolute atomic E-state index is 0.0394. The summed E-state index contributed by atoms with van der Waals surface area (Å²) in [4.78, 5) is 3.72. The standard InChI is InChI=1S/C5H7NO2/c1-4-5(2-7)6-3-8-4/h3,7H,2H2,1H3. The fraction of sp³-hybridized carbons (Fsp3) is 0.400. The molecule has 1 N–H and O–H groups in total. The van der Waals surface area contributed by atoms with Gasteiger partial charge < -0.3 is 9.52 Å². The molecule has 0 spiro atoms. The summed E-state index contributed by atoms with van der Waals surface area (Å²) in [6.07, 6.45) is 1.32. The van der Waals surface area contributed by atoms with Crippen LogP contribution in [0.15, 0.2) is 10.8 Å². The van der Waals surface area contributed by atoms with Crippen molar-refractivity contribution >= 4 is 0 Å². The Balaban J connectivity index is 2.92. The first-order valence-corrected chi connectivity index (χ1v) is 2.34. The van der Waals surface area contributed by atoms with Gasteiger partial charge in [0.25, 0.3) is 0 Å².